The summed E-state index contributed by atoms with van der Waals surface area (Å²) < 4.78 is 5.50. The molecule has 4 N–H and O–H groups in total. The number of hydrogen-bond acceptors (Lipinski definition) is 5. The Kier molecular flexibility index (Phi) is 4.33. The number of benzene rings is 2. The first-order valence-electron chi connectivity index (χ1n) is 7.84. The van der Waals surface area contributed by atoms with Crippen LogP contribution in [0.25, 0.3) is 21.7 Å². The molecule has 130 valence electrons. The molecular weight excluding hydrogens is 324 g/mol. The summed E-state index contributed by atoms with van der Waals surface area (Å²) in [5.41, 5.74) is 6.00. The standard InChI is InChI=1S/C18H18N2O5/c1-10(21)14-9-13-15(20(18(23)24)8-4-7-19)11-5-2-3-6-12(11)16(22)17(13)25-14/h2-3,5-6,9,22H,4,7-8,19H2,1H3,(H,23,24). The van der Waals surface area contributed by atoms with E-state index in [1.165, 1.54) is 17.9 Å². The van der Waals surface area contributed by atoms with E-state index in [1.54, 1.807) is 24.3 Å². The third-order valence-electron chi connectivity index (χ3n) is 4.07. The highest BCUT2D eigenvalue weighted by Crippen LogP contribution is 2.43. The van der Waals surface area contributed by atoms with Crippen molar-refractivity contribution in [1.82, 2.24) is 0 Å². The average Bonchev–Trinajstić information content (AvgIpc) is 3.03. The van der Waals surface area contributed by atoms with Crippen LogP contribution < -0.4 is 10.6 Å². The van der Waals surface area contributed by atoms with Gasteiger partial charge in [0.15, 0.2) is 22.9 Å². The average molecular weight is 342 g/mol. The second-order valence-corrected chi connectivity index (χ2v) is 5.73. The van der Waals surface area contributed by atoms with Gasteiger partial charge in [0.25, 0.3) is 0 Å². The number of anilines is 1. The van der Waals surface area contributed by atoms with Gasteiger partial charge in [-0.25, -0.2) is 4.79 Å². The summed E-state index contributed by atoms with van der Waals surface area (Å²) >= 11 is 0. The lowest BCUT2D eigenvalue weighted by Gasteiger charge is -2.22. The Labute approximate surface area is 143 Å². The number of carbonyl (C=O) groups excluding carboxylic acids is 1. The quantitative estimate of drug-likeness (QED) is 0.612. The number of phenolic OH excluding ortho intramolecular Hbond substituents is 1. The first-order valence-corrected chi connectivity index (χ1v) is 7.84. The summed E-state index contributed by atoms with van der Waals surface area (Å²) in [5.74, 6) is -0.369. The van der Waals surface area contributed by atoms with Crippen molar-refractivity contribution in [2.24, 2.45) is 5.73 Å². The summed E-state index contributed by atoms with van der Waals surface area (Å²) in [5, 5.41) is 21.6. The van der Waals surface area contributed by atoms with Crippen LogP contribution in [0.15, 0.2) is 34.7 Å². The number of nitrogens with two attached hydrogens (primary N) is 1. The number of carboxylic acid groups (broad SMARTS) is 1. The molecule has 3 aromatic rings. The van der Waals surface area contributed by atoms with Gasteiger partial charge in [-0.15, -0.1) is 0 Å². The summed E-state index contributed by atoms with van der Waals surface area (Å²) in [4.78, 5) is 24.7. The number of hydrogen-bond donors (Lipinski definition) is 3. The van der Waals surface area contributed by atoms with Crippen molar-refractivity contribution in [2.75, 3.05) is 18.0 Å². The SMILES string of the molecule is CC(=O)c1cc2c(N(CCCN)C(=O)O)c3ccccc3c(O)c2o1. The van der Waals surface area contributed by atoms with Gasteiger partial charge in [0.05, 0.1) is 5.69 Å². The molecule has 0 saturated carbocycles. The first kappa shape index (κ1) is 16.8. The smallest absolute Gasteiger partial charge is 0.411 e. The second-order valence-electron chi connectivity index (χ2n) is 5.73. The van der Waals surface area contributed by atoms with Gasteiger partial charge in [-0.05, 0) is 19.0 Å². The third kappa shape index (κ3) is 2.78. The molecule has 0 unspecified atom stereocenters. The van der Waals surface area contributed by atoms with E-state index in [0.29, 0.717) is 34.8 Å². The molecule has 7 nitrogen and oxygen atoms in total. The summed E-state index contributed by atoms with van der Waals surface area (Å²) in [6.45, 7) is 1.88. The maximum atomic E-state index is 11.8. The van der Waals surface area contributed by atoms with Crippen molar-refractivity contribution in [2.45, 2.75) is 13.3 Å². The Hall–Kier alpha value is -3.06. The number of rotatable bonds is 5. The van der Waals surface area contributed by atoms with Crippen LogP contribution in [-0.2, 0) is 0 Å². The second kappa shape index (κ2) is 6.45. The lowest BCUT2D eigenvalue weighted by molar-refractivity contribution is 0.0989. The first-order chi connectivity index (χ1) is 12.0. The zero-order valence-corrected chi connectivity index (χ0v) is 13.7. The molecule has 1 heterocycles. The highest BCUT2D eigenvalue weighted by Gasteiger charge is 2.25. The molecule has 0 radical (unpaired) electrons. The van der Waals surface area contributed by atoms with Crippen molar-refractivity contribution in [3.8, 4) is 5.75 Å². The Balaban J connectivity index is 2.41. The molecule has 1 amide bonds. The number of Topliss-reactive ketones (excluding diaryl/α,β-unsaturated/α-hetero) is 1. The summed E-state index contributed by atoms with van der Waals surface area (Å²) in [7, 11) is 0. The van der Waals surface area contributed by atoms with Gasteiger partial charge in [0, 0.05) is 29.6 Å². The van der Waals surface area contributed by atoms with Crippen LogP contribution in [0.5, 0.6) is 5.75 Å². The van der Waals surface area contributed by atoms with E-state index in [1.807, 2.05) is 0 Å². The molecule has 0 spiro atoms. The van der Waals surface area contributed by atoms with E-state index in [0.717, 1.165) is 0 Å². The number of nitrogens with zero attached hydrogens (tertiary/aromatic N) is 1. The van der Waals surface area contributed by atoms with Gasteiger partial charge in [0.1, 0.15) is 0 Å². The minimum atomic E-state index is -1.14. The van der Waals surface area contributed by atoms with Crippen molar-refractivity contribution in [3.63, 3.8) is 0 Å². The van der Waals surface area contributed by atoms with Crippen LogP contribution in [0, 0.1) is 0 Å². The van der Waals surface area contributed by atoms with E-state index in [-0.39, 0.29) is 29.4 Å². The van der Waals surface area contributed by atoms with Gasteiger partial charge in [0.2, 0.25) is 0 Å². The Morgan fingerprint density at radius 3 is 2.48 bits per heavy atom. The molecule has 3 rings (SSSR count). The number of furan rings is 1. The fraction of sp³-hybridized carbons (Fsp3) is 0.222. The zero-order chi connectivity index (χ0) is 18.1. The fourth-order valence-corrected chi connectivity index (χ4v) is 2.92. The lowest BCUT2D eigenvalue weighted by atomic mass is 10.0. The number of ketones is 1. The predicted molar refractivity (Wildman–Crippen MR) is 94.4 cm³/mol. The molecule has 25 heavy (non-hydrogen) atoms. The Bertz CT molecular complexity index is 976. The summed E-state index contributed by atoms with van der Waals surface area (Å²) in [6, 6.07) is 8.36. The highest BCUT2D eigenvalue weighted by atomic mass is 16.4. The molecule has 0 fully saturated rings. The number of amides is 1. The van der Waals surface area contributed by atoms with Crippen molar-refractivity contribution in [3.05, 3.63) is 36.1 Å². The molecule has 0 aliphatic rings. The predicted octanol–water partition coefficient (Wildman–Crippen LogP) is 3.33. The van der Waals surface area contributed by atoms with Gasteiger partial charge in [-0.3, -0.25) is 9.69 Å². The molecule has 0 aliphatic carbocycles. The van der Waals surface area contributed by atoms with E-state index in [9.17, 15) is 19.8 Å². The molecule has 1 aromatic heterocycles. The van der Waals surface area contributed by atoms with E-state index >= 15 is 0 Å². The topological polar surface area (TPSA) is 117 Å². The molecular formula is C18H18N2O5. The van der Waals surface area contributed by atoms with Crippen LogP contribution in [0.2, 0.25) is 0 Å². The Morgan fingerprint density at radius 2 is 1.88 bits per heavy atom. The highest BCUT2D eigenvalue weighted by molar-refractivity contribution is 6.18. The van der Waals surface area contributed by atoms with Crippen molar-refractivity contribution < 1.29 is 24.2 Å². The minimum Gasteiger partial charge on any atom is -0.504 e. The van der Waals surface area contributed by atoms with Crippen LogP contribution >= 0.6 is 0 Å². The van der Waals surface area contributed by atoms with Crippen LogP contribution in [0.1, 0.15) is 23.9 Å². The van der Waals surface area contributed by atoms with Crippen molar-refractivity contribution >= 4 is 39.3 Å². The van der Waals surface area contributed by atoms with Crippen molar-refractivity contribution in [1.29, 1.82) is 0 Å². The molecule has 0 atom stereocenters. The van der Waals surface area contributed by atoms with E-state index < -0.39 is 6.09 Å². The molecule has 0 bridgehead atoms. The largest absolute Gasteiger partial charge is 0.504 e. The molecule has 0 aliphatic heterocycles. The maximum Gasteiger partial charge on any atom is 0.411 e. The normalized spacial score (nSPS) is 11.1. The zero-order valence-electron chi connectivity index (χ0n) is 13.7. The number of aromatic hydroxyl groups is 1. The maximum absolute atomic E-state index is 11.8. The monoisotopic (exact) mass is 342 g/mol. The van der Waals surface area contributed by atoms with E-state index in [4.69, 9.17) is 10.2 Å². The molecule has 7 heteroatoms. The number of phenols is 1. The molecule has 0 saturated heterocycles. The van der Waals surface area contributed by atoms with Crippen LogP contribution in [0.3, 0.4) is 0 Å². The van der Waals surface area contributed by atoms with E-state index in [2.05, 4.69) is 0 Å². The third-order valence-corrected chi connectivity index (χ3v) is 4.07. The van der Waals surface area contributed by atoms with Gasteiger partial charge in [-0.1, -0.05) is 24.3 Å². The number of carbonyl (C=O) groups is 2. The van der Waals surface area contributed by atoms with Gasteiger partial charge < -0.3 is 20.4 Å². The molecule has 2 aromatic carbocycles. The summed E-state index contributed by atoms with van der Waals surface area (Å²) in [6.07, 6.45) is -0.670. The minimum absolute atomic E-state index is 0.0611. The van der Waals surface area contributed by atoms with Gasteiger partial charge in [-0.2, -0.15) is 0 Å². The lowest BCUT2D eigenvalue weighted by Crippen LogP contribution is -2.31. The number of fused-ring (bicyclic) bond motifs is 2. The van der Waals surface area contributed by atoms with Crippen LogP contribution in [0.4, 0.5) is 10.5 Å². The fourth-order valence-electron chi connectivity index (χ4n) is 2.92. The van der Waals surface area contributed by atoms with Crippen LogP contribution in [-0.4, -0.2) is 35.2 Å². The van der Waals surface area contributed by atoms with Gasteiger partial charge >= 0.3 is 6.09 Å². The Morgan fingerprint density at radius 1 is 1.20 bits per heavy atom.